The summed E-state index contributed by atoms with van der Waals surface area (Å²) in [4.78, 5) is 10.6. The average molecular weight is 346 g/mol. The quantitative estimate of drug-likeness (QED) is 0.540. The number of hydrogen-bond acceptors (Lipinski definition) is 3. The van der Waals surface area contributed by atoms with Crippen molar-refractivity contribution in [2.75, 3.05) is 0 Å². The smallest absolute Gasteiger partial charge is 0.303 e. The molecule has 0 heterocycles. The van der Waals surface area contributed by atoms with Crippen LogP contribution in [0, 0.1) is 35.5 Å². The molecule has 138 valence electrons. The molecular formula is C21H30O4. The molecule has 0 amide bonds. The SMILES string of the molecule is CC(O)(C#C[C@H]1[C@@H]2C/C(=C/CCC(=O)O)[C@@H]2CC[C@@H]1O)C1CCCC1. The third-order valence-electron chi connectivity index (χ3n) is 6.52. The summed E-state index contributed by atoms with van der Waals surface area (Å²) in [5.74, 6) is 6.57. The molecule has 0 aromatic carbocycles. The Kier molecular flexibility index (Phi) is 5.55. The van der Waals surface area contributed by atoms with Crippen molar-refractivity contribution in [3.63, 3.8) is 0 Å². The molecule has 4 nitrogen and oxygen atoms in total. The van der Waals surface area contributed by atoms with Crippen LogP contribution in [-0.4, -0.2) is 33.0 Å². The van der Waals surface area contributed by atoms with Crippen LogP contribution in [0.1, 0.15) is 64.7 Å². The number of carboxylic acid groups (broad SMARTS) is 1. The van der Waals surface area contributed by atoms with Crippen molar-refractivity contribution < 1.29 is 20.1 Å². The summed E-state index contributed by atoms with van der Waals surface area (Å²) in [6.45, 7) is 1.82. The maximum atomic E-state index is 10.7. The lowest BCUT2D eigenvalue weighted by Crippen LogP contribution is -2.44. The number of fused-ring (bicyclic) bond motifs is 1. The molecule has 1 unspecified atom stereocenters. The summed E-state index contributed by atoms with van der Waals surface area (Å²) in [5, 5.41) is 29.9. The number of carbonyl (C=O) groups is 1. The number of rotatable bonds is 4. The van der Waals surface area contributed by atoms with E-state index in [-0.39, 0.29) is 18.3 Å². The molecule has 0 aromatic rings. The van der Waals surface area contributed by atoms with Gasteiger partial charge in [-0.3, -0.25) is 4.79 Å². The molecule has 3 N–H and O–H groups in total. The summed E-state index contributed by atoms with van der Waals surface area (Å²) >= 11 is 0. The van der Waals surface area contributed by atoms with E-state index in [4.69, 9.17) is 5.11 Å². The number of allylic oxidation sites excluding steroid dienone is 2. The molecule has 3 aliphatic rings. The Morgan fingerprint density at radius 3 is 2.68 bits per heavy atom. The molecule has 0 aliphatic heterocycles. The molecule has 0 aromatic heterocycles. The lowest BCUT2D eigenvalue weighted by molar-refractivity contribution is -0.136. The van der Waals surface area contributed by atoms with Crippen LogP contribution in [0.4, 0.5) is 0 Å². The van der Waals surface area contributed by atoms with E-state index in [0.717, 1.165) is 32.1 Å². The highest BCUT2D eigenvalue weighted by molar-refractivity contribution is 5.66. The van der Waals surface area contributed by atoms with Gasteiger partial charge in [0.2, 0.25) is 0 Å². The third-order valence-corrected chi connectivity index (χ3v) is 6.52. The maximum absolute atomic E-state index is 10.7. The number of carboxylic acids is 1. The van der Waals surface area contributed by atoms with Gasteiger partial charge >= 0.3 is 5.97 Å². The Balaban J connectivity index is 1.64. The minimum absolute atomic E-state index is 0.0664. The molecule has 3 rings (SSSR count). The highest BCUT2D eigenvalue weighted by Gasteiger charge is 2.46. The van der Waals surface area contributed by atoms with Crippen molar-refractivity contribution in [2.45, 2.75) is 76.4 Å². The third kappa shape index (κ3) is 4.10. The van der Waals surface area contributed by atoms with Gasteiger partial charge in [0.15, 0.2) is 0 Å². The fourth-order valence-electron chi connectivity index (χ4n) is 4.91. The van der Waals surface area contributed by atoms with E-state index < -0.39 is 17.7 Å². The van der Waals surface area contributed by atoms with Crippen LogP contribution in [0.2, 0.25) is 0 Å². The molecule has 25 heavy (non-hydrogen) atoms. The molecule has 0 bridgehead atoms. The summed E-state index contributed by atoms with van der Waals surface area (Å²) < 4.78 is 0. The van der Waals surface area contributed by atoms with Crippen molar-refractivity contribution in [3.05, 3.63) is 11.6 Å². The van der Waals surface area contributed by atoms with Crippen molar-refractivity contribution in [2.24, 2.45) is 23.7 Å². The Bertz CT molecular complexity index is 589. The van der Waals surface area contributed by atoms with Gasteiger partial charge in [-0.15, -0.1) is 0 Å². The van der Waals surface area contributed by atoms with E-state index in [1.54, 1.807) is 0 Å². The van der Waals surface area contributed by atoms with E-state index in [1.807, 2.05) is 6.92 Å². The highest BCUT2D eigenvalue weighted by atomic mass is 16.4. The molecule has 0 radical (unpaired) electrons. The average Bonchev–Trinajstić information content (AvgIpc) is 3.06. The largest absolute Gasteiger partial charge is 0.481 e. The molecule has 3 saturated carbocycles. The summed E-state index contributed by atoms with van der Waals surface area (Å²) in [6, 6.07) is 0. The van der Waals surface area contributed by atoms with Crippen molar-refractivity contribution >= 4 is 5.97 Å². The molecule has 5 atom stereocenters. The first-order valence-corrected chi connectivity index (χ1v) is 9.72. The zero-order valence-electron chi connectivity index (χ0n) is 15.1. The van der Waals surface area contributed by atoms with E-state index in [1.165, 1.54) is 18.4 Å². The molecule has 4 heteroatoms. The summed E-state index contributed by atoms with van der Waals surface area (Å²) in [7, 11) is 0. The second-order valence-corrected chi connectivity index (χ2v) is 8.25. The Morgan fingerprint density at radius 2 is 2.00 bits per heavy atom. The highest BCUT2D eigenvalue weighted by Crippen LogP contribution is 2.51. The lowest BCUT2D eigenvalue weighted by atomic mass is 9.57. The van der Waals surface area contributed by atoms with Gasteiger partial charge < -0.3 is 15.3 Å². The normalized spacial score (nSPS) is 36.0. The molecule has 3 fully saturated rings. The lowest BCUT2D eigenvalue weighted by Gasteiger charge is -2.48. The van der Waals surface area contributed by atoms with Gasteiger partial charge in [0.05, 0.1) is 12.0 Å². The Labute approximate surface area is 150 Å². The zero-order chi connectivity index (χ0) is 18.0. The van der Waals surface area contributed by atoms with Gasteiger partial charge in [0.25, 0.3) is 0 Å². The second kappa shape index (κ2) is 7.51. The number of hydrogen-bond donors (Lipinski definition) is 3. The first-order chi connectivity index (χ1) is 11.9. The van der Waals surface area contributed by atoms with E-state index in [2.05, 4.69) is 17.9 Å². The van der Waals surface area contributed by atoms with Gasteiger partial charge in [-0.1, -0.05) is 36.3 Å². The van der Waals surface area contributed by atoms with Gasteiger partial charge in [0.1, 0.15) is 5.60 Å². The van der Waals surface area contributed by atoms with Crippen LogP contribution in [0.25, 0.3) is 0 Å². The van der Waals surface area contributed by atoms with E-state index in [0.29, 0.717) is 18.3 Å². The molecule has 3 aliphatic carbocycles. The minimum atomic E-state index is -0.951. The van der Waals surface area contributed by atoms with Crippen LogP contribution in [0.15, 0.2) is 11.6 Å². The van der Waals surface area contributed by atoms with Crippen LogP contribution in [0.3, 0.4) is 0 Å². The van der Waals surface area contributed by atoms with Crippen LogP contribution < -0.4 is 0 Å². The molecular weight excluding hydrogens is 316 g/mol. The van der Waals surface area contributed by atoms with Crippen molar-refractivity contribution in [3.8, 4) is 11.8 Å². The number of aliphatic hydroxyl groups is 2. The number of aliphatic hydroxyl groups excluding tert-OH is 1. The van der Waals surface area contributed by atoms with Gasteiger partial charge in [0, 0.05) is 6.42 Å². The Hall–Kier alpha value is -1.31. The summed E-state index contributed by atoms with van der Waals surface area (Å²) in [5.41, 5.74) is 0.389. The predicted octanol–water partition coefficient (Wildman–Crippen LogP) is 3.13. The van der Waals surface area contributed by atoms with Gasteiger partial charge in [-0.25, -0.2) is 0 Å². The molecule has 0 saturated heterocycles. The summed E-state index contributed by atoms with van der Waals surface area (Å²) in [6.07, 6.45) is 9.46. The van der Waals surface area contributed by atoms with Crippen LogP contribution >= 0.6 is 0 Å². The standard InChI is InChI=1S/C21H30O4/c1-21(25,15-6-2-3-7-15)12-11-17-18-13-14(5-4-8-20(23)24)16(18)9-10-19(17)22/h5,15-19,22,25H,2-4,6-10,13H2,1H3,(H,23,24)/b14-5-/t16-,17-,18+,19-,21?/m0/s1. The fraction of sp³-hybridized carbons (Fsp3) is 0.762. The van der Waals surface area contributed by atoms with Gasteiger partial charge in [-0.05, 0) is 63.2 Å². The Morgan fingerprint density at radius 1 is 1.28 bits per heavy atom. The van der Waals surface area contributed by atoms with Crippen LogP contribution in [-0.2, 0) is 4.79 Å². The van der Waals surface area contributed by atoms with E-state index in [9.17, 15) is 15.0 Å². The maximum Gasteiger partial charge on any atom is 0.303 e. The predicted molar refractivity (Wildman–Crippen MR) is 95.6 cm³/mol. The van der Waals surface area contributed by atoms with Gasteiger partial charge in [-0.2, -0.15) is 0 Å². The zero-order valence-corrected chi connectivity index (χ0v) is 15.1. The second-order valence-electron chi connectivity index (χ2n) is 8.25. The van der Waals surface area contributed by atoms with E-state index >= 15 is 0 Å². The monoisotopic (exact) mass is 346 g/mol. The van der Waals surface area contributed by atoms with Crippen molar-refractivity contribution in [1.29, 1.82) is 0 Å². The van der Waals surface area contributed by atoms with Crippen LogP contribution in [0.5, 0.6) is 0 Å². The first-order valence-electron chi connectivity index (χ1n) is 9.72. The first kappa shape index (κ1) is 18.5. The minimum Gasteiger partial charge on any atom is -0.481 e. The number of aliphatic carboxylic acids is 1. The van der Waals surface area contributed by atoms with Crippen molar-refractivity contribution in [1.82, 2.24) is 0 Å². The topological polar surface area (TPSA) is 77.8 Å². The fourth-order valence-corrected chi connectivity index (χ4v) is 4.91. The molecule has 0 spiro atoms.